The second-order valence-electron chi connectivity index (χ2n) is 3.78. The summed E-state index contributed by atoms with van der Waals surface area (Å²) in [5.74, 6) is 0. The maximum Gasteiger partial charge on any atom is 0.0236 e. The van der Waals surface area contributed by atoms with Gasteiger partial charge in [0, 0.05) is 29.9 Å². The van der Waals surface area contributed by atoms with Gasteiger partial charge in [-0.1, -0.05) is 37.3 Å². The number of hydrogen-bond donors (Lipinski definition) is 0. The molecule has 80 valence electrons. The smallest absolute Gasteiger partial charge is 0.0236 e. The lowest BCUT2D eigenvalue weighted by Gasteiger charge is -2.08. The zero-order valence-corrected chi connectivity index (χ0v) is 9.13. The van der Waals surface area contributed by atoms with Crippen LogP contribution in [0, 0.1) is 10.8 Å². The van der Waals surface area contributed by atoms with Crippen LogP contribution in [0.4, 0.5) is 0 Å². The molecule has 1 aromatic carbocycles. The lowest BCUT2D eigenvalue weighted by molar-refractivity contribution is 0.382. The van der Waals surface area contributed by atoms with Crippen molar-refractivity contribution in [1.82, 2.24) is 4.90 Å². The molecule has 3 rings (SSSR count). The molecule has 0 aromatic heterocycles. The first-order valence-corrected chi connectivity index (χ1v) is 5.38. The summed E-state index contributed by atoms with van der Waals surface area (Å²) in [7, 11) is 0. The van der Waals surface area contributed by atoms with Crippen molar-refractivity contribution in [2.24, 2.45) is 0 Å². The number of benzene rings is 1. The van der Waals surface area contributed by atoms with E-state index >= 15 is 0 Å². The van der Waals surface area contributed by atoms with Crippen molar-refractivity contribution < 1.29 is 0 Å². The van der Waals surface area contributed by atoms with E-state index in [1.807, 2.05) is 6.07 Å². The Morgan fingerprint density at radius 1 is 1.27 bits per heavy atom. The van der Waals surface area contributed by atoms with E-state index in [9.17, 15) is 0 Å². The van der Waals surface area contributed by atoms with Crippen LogP contribution in [0.2, 0.25) is 0 Å². The van der Waals surface area contributed by atoms with Gasteiger partial charge in [0.25, 0.3) is 0 Å². The highest BCUT2D eigenvalue weighted by Gasteiger charge is 2.41. The van der Waals surface area contributed by atoms with Crippen LogP contribution in [0.15, 0.2) is 30.3 Å². The van der Waals surface area contributed by atoms with Crippen LogP contribution in [0.1, 0.15) is 18.9 Å². The quantitative estimate of drug-likeness (QED) is 0.520. The molecule has 0 amide bonds. The minimum absolute atomic E-state index is 1.06. The van der Waals surface area contributed by atoms with E-state index in [1.165, 1.54) is 25.1 Å². The van der Waals surface area contributed by atoms with Crippen molar-refractivity contribution >= 4 is 0 Å². The number of nitrogens with zero attached hydrogens (tertiary/aromatic N) is 3. The summed E-state index contributed by atoms with van der Waals surface area (Å²) < 4.78 is 0. The van der Waals surface area contributed by atoms with Gasteiger partial charge in [-0.3, -0.25) is 4.90 Å². The highest BCUT2D eigenvalue weighted by molar-refractivity contribution is 5.13. The van der Waals surface area contributed by atoms with Gasteiger partial charge in [-0.05, 0) is 18.4 Å². The lowest BCUT2D eigenvalue weighted by atomic mass is 10.2. The fourth-order valence-electron chi connectivity index (χ4n) is 1.61. The summed E-state index contributed by atoms with van der Waals surface area (Å²) in [6.45, 7) is 4.97. The first-order valence-electron chi connectivity index (χ1n) is 5.38. The first-order chi connectivity index (χ1) is 7.40. The molecule has 0 radical (unpaired) electrons. The molecule has 1 aromatic rings. The molecular formula is C12H17N3. The van der Waals surface area contributed by atoms with Crippen molar-refractivity contribution in [2.75, 3.05) is 13.1 Å². The summed E-state index contributed by atoms with van der Waals surface area (Å²) in [4.78, 5) is 2.47. The Labute approximate surface area is 91.1 Å². The third-order valence-electron chi connectivity index (χ3n) is 2.83. The van der Waals surface area contributed by atoms with Crippen LogP contribution >= 0.6 is 0 Å². The van der Waals surface area contributed by atoms with Crippen molar-refractivity contribution in [3.63, 3.8) is 0 Å². The summed E-state index contributed by atoms with van der Waals surface area (Å²) in [5.41, 5.74) is 1.41. The molecule has 3 nitrogen and oxygen atoms in total. The summed E-state index contributed by atoms with van der Waals surface area (Å²) in [6, 6.07) is 11.5. The molecule has 3 heteroatoms. The first kappa shape index (κ1) is 11.7. The van der Waals surface area contributed by atoms with Crippen LogP contribution in [-0.4, -0.2) is 24.0 Å². The van der Waals surface area contributed by atoms with Crippen LogP contribution < -0.4 is 0 Å². The fraction of sp³-hybridized carbons (Fsp3) is 0.500. The molecule has 2 fully saturated rings. The van der Waals surface area contributed by atoms with Gasteiger partial charge < -0.3 is 0 Å². The molecule has 2 atom stereocenters. The SMILES string of the molecule is C1CN2CC12.CCc1ccccc1.N#N. The van der Waals surface area contributed by atoms with Crippen LogP contribution in [0.5, 0.6) is 0 Å². The molecule has 2 saturated heterocycles. The normalized spacial score (nSPS) is 24.2. The van der Waals surface area contributed by atoms with Gasteiger partial charge in [-0.2, -0.15) is 0 Å². The second kappa shape index (κ2) is 6.15. The molecule has 0 N–H and O–H groups in total. The highest BCUT2D eigenvalue weighted by Crippen LogP contribution is 2.30. The Morgan fingerprint density at radius 2 is 1.87 bits per heavy atom. The topological polar surface area (TPSA) is 50.6 Å². The van der Waals surface area contributed by atoms with E-state index in [1.54, 1.807) is 0 Å². The molecular weight excluding hydrogens is 186 g/mol. The van der Waals surface area contributed by atoms with Gasteiger partial charge in [-0.25, -0.2) is 0 Å². The van der Waals surface area contributed by atoms with Crippen LogP contribution in [-0.2, 0) is 6.42 Å². The number of rotatable bonds is 1. The maximum atomic E-state index is 6.00. The predicted molar refractivity (Wildman–Crippen MR) is 59.2 cm³/mol. The molecule has 0 aliphatic carbocycles. The Hall–Kier alpha value is -1.40. The molecule has 2 heterocycles. The summed E-state index contributed by atoms with van der Waals surface area (Å²) in [6.07, 6.45) is 2.63. The lowest BCUT2D eigenvalue weighted by Crippen LogP contribution is -2.16. The van der Waals surface area contributed by atoms with Gasteiger partial charge in [0.15, 0.2) is 0 Å². The molecule has 0 bridgehead atoms. The summed E-state index contributed by atoms with van der Waals surface area (Å²) in [5, 5.41) is 12.0. The third kappa shape index (κ3) is 3.69. The molecule has 2 aliphatic rings. The number of aryl methyl sites for hydroxylation is 1. The zero-order valence-electron chi connectivity index (χ0n) is 9.13. The highest BCUT2D eigenvalue weighted by atomic mass is 15.4. The van der Waals surface area contributed by atoms with E-state index in [0.717, 1.165) is 12.5 Å². The number of fused-ring (bicyclic) bond motifs is 1. The van der Waals surface area contributed by atoms with Crippen molar-refractivity contribution in [2.45, 2.75) is 25.8 Å². The zero-order chi connectivity index (χ0) is 11.1. The standard InChI is InChI=1S/C8H10.C4H7N.N2/c1-2-8-6-4-3-5-7-8;1-2-5-3-4(1)5;1-2/h3-7H,2H2,1H3;4H,1-3H2;. The molecule has 2 aliphatic heterocycles. The Morgan fingerprint density at radius 3 is 2.07 bits per heavy atom. The van der Waals surface area contributed by atoms with Crippen molar-refractivity contribution in [3.8, 4) is 0 Å². The number of hydrogen-bond acceptors (Lipinski definition) is 3. The maximum absolute atomic E-state index is 6.00. The van der Waals surface area contributed by atoms with Crippen LogP contribution in [0.3, 0.4) is 0 Å². The molecule has 0 spiro atoms. The van der Waals surface area contributed by atoms with Gasteiger partial charge >= 0.3 is 0 Å². The van der Waals surface area contributed by atoms with E-state index in [0.29, 0.717) is 0 Å². The Balaban J connectivity index is 0.000000136. The summed E-state index contributed by atoms with van der Waals surface area (Å²) >= 11 is 0. The van der Waals surface area contributed by atoms with Crippen molar-refractivity contribution in [1.29, 1.82) is 10.8 Å². The Bertz CT molecular complexity index is 282. The second-order valence-corrected chi connectivity index (χ2v) is 3.78. The predicted octanol–water partition coefficient (Wildman–Crippen LogP) is 2.35. The van der Waals surface area contributed by atoms with Crippen molar-refractivity contribution in [3.05, 3.63) is 35.9 Å². The van der Waals surface area contributed by atoms with E-state index < -0.39 is 0 Å². The largest absolute Gasteiger partial charge is 0.297 e. The molecule has 2 unspecified atom stereocenters. The van der Waals surface area contributed by atoms with Gasteiger partial charge in [0.05, 0.1) is 0 Å². The minimum atomic E-state index is 1.06. The van der Waals surface area contributed by atoms with Crippen LogP contribution in [0.25, 0.3) is 0 Å². The average molecular weight is 203 g/mol. The van der Waals surface area contributed by atoms with E-state index in [-0.39, 0.29) is 0 Å². The third-order valence-corrected chi connectivity index (χ3v) is 2.83. The van der Waals surface area contributed by atoms with E-state index in [2.05, 4.69) is 36.1 Å². The molecule has 0 saturated carbocycles. The molecule has 15 heavy (non-hydrogen) atoms. The van der Waals surface area contributed by atoms with E-state index in [4.69, 9.17) is 10.8 Å². The van der Waals surface area contributed by atoms with Gasteiger partial charge in [0.2, 0.25) is 0 Å². The Kier molecular flexibility index (Phi) is 4.79. The minimum Gasteiger partial charge on any atom is -0.297 e. The average Bonchev–Trinajstić information content (AvgIpc) is 2.90. The monoisotopic (exact) mass is 203 g/mol. The van der Waals surface area contributed by atoms with Gasteiger partial charge in [0.1, 0.15) is 0 Å². The fourth-order valence-corrected chi connectivity index (χ4v) is 1.61. The van der Waals surface area contributed by atoms with Gasteiger partial charge in [-0.15, -0.1) is 0 Å².